The van der Waals surface area contributed by atoms with Crippen molar-refractivity contribution in [1.82, 2.24) is 15.1 Å². The van der Waals surface area contributed by atoms with E-state index in [1.54, 1.807) is 19.4 Å². The third kappa shape index (κ3) is 3.92. The Morgan fingerprint density at radius 1 is 1.58 bits per heavy atom. The molecule has 0 radical (unpaired) electrons. The monoisotopic (exact) mass is 263 g/mol. The lowest BCUT2D eigenvalue weighted by Gasteiger charge is -2.27. The summed E-state index contributed by atoms with van der Waals surface area (Å²) in [6.07, 6.45) is 9.35. The SMILES string of the molecule is COCCN(C[C@H]1CC=CCC1)C(=O)c1ccn[nH]1. The fraction of sp³-hybridized carbons (Fsp3) is 0.571. The van der Waals surface area contributed by atoms with E-state index in [9.17, 15) is 4.79 Å². The molecule has 0 fully saturated rings. The standard InChI is InChI=1S/C14H21N3O2/c1-19-10-9-17(11-12-5-3-2-4-6-12)14(18)13-7-8-15-16-13/h2-3,7-8,12H,4-6,9-11H2,1H3,(H,15,16)/t12-/m0/s1. The topological polar surface area (TPSA) is 58.2 Å². The van der Waals surface area contributed by atoms with Crippen molar-refractivity contribution >= 4 is 5.91 Å². The smallest absolute Gasteiger partial charge is 0.271 e. The number of aromatic amines is 1. The number of allylic oxidation sites excluding steroid dienone is 2. The molecule has 0 saturated carbocycles. The maximum absolute atomic E-state index is 12.4. The van der Waals surface area contributed by atoms with Gasteiger partial charge in [0.25, 0.3) is 5.91 Å². The third-order valence-electron chi connectivity index (χ3n) is 3.44. The lowest BCUT2D eigenvalue weighted by molar-refractivity contribution is 0.0652. The Kier molecular flexibility index (Phi) is 5.15. The lowest BCUT2D eigenvalue weighted by Crippen LogP contribution is -2.38. The van der Waals surface area contributed by atoms with Crippen molar-refractivity contribution in [3.05, 3.63) is 30.1 Å². The molecule has 5 heteroatoms. The van der Waals surface area contributed by atoms with Gasteiger partial charge in [-0.05, 0) is 31.2 Å². The fourth-order valence-corrected chi connectivity index (χ4v) is 2.36. The van der Waals surface area contributed by atoms with E-state index >= 15 is 0 Å². The minimum absolute atomic E-state index is 0.00380. The van der Waals surface area contributed by atoms with Crippen LogP contribution < -0.4 is 0 Å². The number of amides is 1. The number of aromatic nitrogens is 2. The Balaban J connectivity index is 1.98. The summed E-state index contributed by atoms with van der Waals surface area (Å²) in [6.45, 7) is 1.96. The van der Waals surface area contributed by atoms with Crippen molar-refractivity contribution in [2.24, 2.45) is 5.92 Å². The molecular weight excluding hydrogens is 242 g/mol. The predicted octanol–water partition coefficient (Wildman–Crippen LogP) is 1.85. The summed E-state index contributed by atoms with van der Waals surface area (Å²) in [5.74, 6) is 0.554. The van der Waals surface area contributed by atoms with Crippen LogP contribution in [-0.2, 0) is 4.74 Å². The second-order valence-corrected chi connectivity index (χ2v) is 4.86. The molecule has 0 spiro atoms. The van der Waals surface area contributed by atoms with Crippen molar-refractivity contribution < 1.29 is 9.53 Å². The highest BCUT2D eigenvalue weighted by Crippen LogP contribution is 2.20. The van der Waals surface area contributed by atoms with E-state index in [0.717, 1.165) is 25.8 Å². The summed E-state index contributed by atoms with van der Waals surface area (Å²) >= 11 is 0. The van der Waals surface area contributed by atoms with Gasteiger partial charge in [0.2, 0.25) is 0 Å². The zero-order chi connectivity index (χ0) is 13.5. The molecule has 2 rings (SSSR count). The number of rotatable bonds is 6. The summed E-state index contributed by atoms with van der Waals surface area (Å²) in [5.41, 5.74) is 0.544. The van der Waals surface area contributed by atoms with Gasteiger partial charge in [-0.1, -0.05) is 12.2 Å². The Labute approximate surface area is 113 Å². The maximum atomic E-state index is 12.4. The number of hydrogen-bond donors (Lipinski definition) is 1. The Morgan fingerprint density at radius 2 is 2.47 bits per heavy atom. The Morgan fingerprint density at radius 3 is 3.11 bits per heavy atom. The van der Waals surface area contributed by atoms with Crippen molar-refractivity contribution in [1.29, 1.82) is 0 Å². The molecule has 1 aromatic rings. The van der Waals surface area contributed by atoms with Crippen LogP contribution in [-0.4, -0.2) is 47.8 Å². The van der Waals surface area contributed by atoms with Gasteiger partial charge in [-0.25, -0.2) is 0 Å². The van der Waals surface area contributed by atoms with Gasteiger partial charge in [0.1, 0.15) is 5.69 Å². The molecule has 1 amide bonds. The predicted molar refractivity (Wildman–Crippen MR) is 72.8 cm³/mol. The number of carbonyl (C=O) groups is 1. The average molecular weight is 263 g/mol. The van der Waals surface area contributed by atoms with Gasteiger partial charge in [0.05, 0.1) is 6.61 Å². The zero-order valence-electron chi connectivity index (χ0n) is 11.3. The van der Waals surface area contributed by atoms with Crippen molar-refractivity contribution in [2.45, 2.75) is 19.3 Å². The third-order valence-corrected chi connectivity index (χ3v) is 3.44. The number of nitrogens with zero attached hydrogens (tertiary/aromatic N) is 2. The van der Waals surface area contributed by atoms with Crippen LogP contribution in [0.1, 0.15) is 29.8 Å². The molecule has 0 unspecified atom stereocenters. The van der Waals surface area contributed by atoms with Gasteiger partial charge in [-0.2, -0.15) is 5.10 Å². The van der Waals surface area contributed by atoms with E-state index < -0.39 is 0 Å². The van der Waals surface area contributed by atoms with E-state index in [1.165, 1.54) is 0 Å². The number of nitrogens with one attached hydrogen (secondary N) is 1. The molecule has 0 aliphatic heterocycles. The molecule has 5 nitrogen and oxygen atoms in total. The van der Waals surface area contributed by atoms with Crippen LogP contribution in [0.2, 0.25) is 0 Å². The van der Waals surface area contributed by atoms with Gasteiger partial charge in [-0.3, -0.25) is 9.89 Å². The molecule has 1 N–H and O–H groups in total. The van der Waals surface area contributed by atoms with Crippen LogP contribution in [0.5, 0.6) is 0 Å². The van der Waals surface area contributed by atoms with Gasteiger partial charge in [0, 0.05) is 26.4 Å². The number of hydrogen-bond acceptors (Lipinski definition) is 3. The molecule has 1 aromatic heterocycles. The van der Waals surface area contributed by atoms with Crippen LogP contribution in [0.4, 0.5) is 0 Å². The van der Waals surface area contributed by atoms with E-state index in [-0.39, 0.29) is 5.91 Å². The Bertz CT molecular complexity index is 414. The highest BCUT2D eigenvalue weighted by atomic mass is 16.5. The van der Waals surface area contributed by atoms with Gasteiger partial charge in [0.15, 0.2) is 0 Å². The van der Waals surface area contributed by atoms with E-state index in [0.29, 0.717) is 24.8 Å². The highest BCUT2D eigenvalue weighted by molar-refractivity contribution is 5.92. The second kappa shape index (κ2) is 7.09. The molecule has 0 saturated heterocycles. The van der Waals surface area contributed by atoms with E-state index in [2.05, 4.69) is 22.3 Å². The Hall–Kier alpha value is -1.62. The molecule has 104 valence electrons. The molecule has 1 aliphatic carbocycles. The average Bonchev–Trinajstić information content (AvgIpc) is 2.98. The van der Waals surface area contributed by atoms with Gasteiger partial charge < -0.3 is 9.64 Å². The largest absolute Gasteiger partial charge is 0.383 e. The molecular formula is C14H21N3O2. The summed E-state index contributed by atoms with van der Waals surface area (Å²) in [4.78, 5) is 14.2. The van der Waals surface area contributed by atoms with Crippen LogP contribution in [0.25, 0.3) is 0 Å². The maximum Gasteiger partial charge on any atom is 0.271 e. The van der Waals surface area contributed by atoms with Crippen LogP contribution in [0.3, 0.4) is 0 Å². The quantitative estimate of drug-likeness (QED) is 0.797. The van der Waals surface area contributed by atoms with E-state index in [1.807, 2.05) is 4.90 Å². The first-order valence-electron chi connectivity index (χ1n) is 6.74. The summed E-state index contributed by atoms with van der Waals surface area (Å²) < 4.78 is 5.10. The van der Waals surface area contributed by atoms with E-state index in [4.69, 9.17) is 4.74 Å². The van der Waals surface area contributed by atoms with Crippen LogP contribution in [0.15, 0.2) is 24.4 Å². The molecule has 0 aromatic carbocycles. The number of methoxy groups -OCH3 is 1. The van der Waals surface area contributed by atoms with Gasteiger partial charge >= 0.3 is 0 Å². The minimum atomic E-state index is 0.00380. The number of carbonyl (C=O) groups excluding carboxylic acids is 1. The van der Waals surface area contributed by atoms with Crippen LogP contribution >= 0.6 is 0 Å². The normalized spacial score (nSPS) is 18.5. The van der Waals surface area contributed by atoms with Gasteiger partial charge in [-0.15, -0.1) is 0 Å². The van der Waals surface area contributed by atoms with Crippen molar-refractivity contribution in [2.75, 3.05) is 26.8 Å². The van der Waals surface area contributed by atoms with Crippen molar-refractivity contribution in [3.8, 4) is 0 Å². The number of ether oxygens (including phenoxy) is 1. The summed E-state index contributed by atoms with van der Waals surface area (Å²) in [5, 5.41) is 6.57. The van der Waals surface area contributed by atoms with Crippen molar-refractivity contribution in [3.63, 3.8) is 0 Å². The highest BCUT2D eigenvalue weighted by Gasteiger charge is 2.21. The fourth-order valence-electron chi connectivity index (χ4n) is 2.36. The van der Waals surface area contributed by atoms with Crippen LogP contribution in [0, 0.1) is 5.92 Å². The number of H-pyrrole nitrogens is 1. The molecule has 0 bridgehead atoms. The first-order valence-corrected chi connectivity index (χ1v) is 6.74. The second-order valence-electron chi connectivity index (χ2n) is 4.86. The molecule has 1 heterocycles. The zero-order valence-corrected chi connectivity index (χ0v) is 11.3. The molecule has 1 aliphatic rings. The first-order chi connectivity index (χ1) is 9.31. The molecule has 19 heavy (non-hydrogen) atoms. The molecule has 1 atom stereocenters. The minimum Gasteiger partial charge on any atom is -0.383 e. The first kappa shape index (κ1) is 13.8. The lowest BCUT2D eigenvalue weighted by atomic mass is 9.94. The summed E-state index contributed by atoms with van der Waals surface area (Å²) in [6, 6.07) is 1.71. The summed E-state index contributed by atoms with van der Waals surface area (Å²) in [7, 11) is 1.65.